The molecule has 0 heterocycles. The van der Waals surface area contributed by atoms with Gasteiger partial charge in [-0.2, -0.15) is 0 Å². The van der Waals surface area contributed by atoms with Crippen LogP contribution in [-0.4, -0.2) is 23.4 Å². The fourth-order valence-corrected chi connectivity index (χ4v) is 11.7. The molecule has 0 atom stereocenters. The molecule has 0 fully saturated rings. The van der Waals surface area contributed by atoms with Crippen molar-refractivity contribution in [1.29, 1.82) is 0 Å². The van der Waals surface area contributed by atoms with Crippen LogP contribution in [0.1, 0.15) is 13.8 Å². The molecular formula is C36H38BrN2O2PS. The molecule has 43 heavy (non-hydrogen) atoms. The zero-order valence-corrected chi connectivity index (χ0v) is 27.9. The van der Waals surface area contributed by atoms with Crippen LogP contribution in [0.4, 0.5) is 11.4 Å². The average Bonchev–Trinajstić information content (AvgIpc) is 3.06. The minimum atomic E-state index is -1.98. The topological polar surface area (TPSA) is 42.5 Å². The number of nitrogens with one attached hydrogen (secondary N) is 2. The molecule has 7 heteroatoms. The zero-order valence-electron chi connectivity index (χ0n) is 24.5. The molecule has 0 spiro atoms. The van der Waals surface area contributed by atoms with E-state index in [1.165, 1.54) is 15.9 Å². The first-order valence-electron chi connectivity index (χ1n) is 14.3. The summed E-state index contributed by atoms with van der Waals surface area (Å²) in [5.41, 5.74) is 1.82. The molecule has 2 N–H and O–H groups in total. The third-order valence-electron chi connectivity index (χ3n) is 6.85. The normalized spacial score (nSPS) is 11.0. The van der Waals surface area contributed by atoms with Crippen molar-refractivity contribution in [2.45, 2.75) is 13.8 Å². The molecule has 222 valence electrons. The Labute approximate surface area is 269 Å². The van der Waals surface area contributed by atoms with Gasteiger partial charge in [-0.25, -0.2) is 0 Å². The van der Waals surface area contributed by atoms with Crippen LogP contribution < -0.4 is 36.0 Å². The van der Waals surface area contributed by atoms with Crippen molar-refractivity contribution in [1.82, 2.24) is 0 Å². The van der Waals surface area contributed by atoms with Gasteiger partial charge in [0.05, 0.1) is 13.2 Å². The van der Waals surface area contributed by atoms with E-state index in [1.807, 2.05) is 62.4 Å². The van der Waals surface area contributed by atoms with Crippen molar-refractivity contribution in [3.05, 3.63) is 140 Å². The van der Waals surface area contributed by atoms with Crippen molar-refractivity contribution in [2.75, 3.05) is 28.9 Å². The fraction of sp³-hybridized carbons (Fsp3) is 0.139. The molecule has 0 amide bonds. The number of alkyl halides is 1. The van der Waals surface area contributed by atoms with Crippen LogP contribution in [0.3, 0.4) is 0 Å². The van der Waals surface area contributed by atoms with Crippen molar-refractivity contribution < 1.29 is 9.47 Å². The zero-order chi connectivity index (χ0) is 30.3. The Morgan fingerprint density at radius 1 is 0.558 bits per heavy atom. The maximum Gasteiger partial charge on any atom is 0.175 e. The Bertz CT molecular complexity index is 1370. The Kier molecular flexibility index (Phi) is 12.6. The minimum absolute atomic E-state index is 0.535. The molecule has 0 aliphatic heterocycles. The smallest absolute Gasteiger partial charge is 0.175 e. The van der Waals surface area contributed by atoms with Crippen molar-refractivity contribution >= 4 is 67.8 Å². The fourth-order valence-electron chi connectivity index (χ4n) is 4.80. The van der Waals surface area contributed by atoms with Crippen molar-refractivity contribution in [3.8, 4) is 11.5 Å². The van der Waals surface area contributed by atoms with Crippen LogP contribution >= 0.6 is 35.4 Å². The second-order valence-electron chi connectivity index (χ2n) is 9.63. The van der Waals surface area contributed by atoms with E-state index in [-0.39, 0.29) is 0 Å². The first-order chi connectivity index (χ1) is 21.1. The van der Waals surface area contributed by atoms with E-state index in [0.29, 0.717) is 18.3 Å². The molecule has 0 bridgehead atoms. The monoisotopic (exact) mass is 672 g/mol. The molecule has 0 aromatic heterocycles. The van der Waals surface area contributed by atoms with Gasteiger partial charge in [-0.15, -0.1) is 0 Å². The van der Waals surface area contributed by atoms with Crippen LogP contribution in [0.2, 0.25) is 0 Å². The predicted octanol–water partition coefficient (Wildman–Crippen LogP) is 8.36. The standard InChI is InChI=1S/C19H18BrP.C17H20N2O2S/c20-16-21(17-10-4-1-5-11-17,18-12-6-2-7-13-18)19-14-8-3-9-15-19;1-3-20-15-9-5-13(6-10-15)18-17(22)19-14-7-11-16(12-8-14)21-4-2/h1-15,21H,16H2;5-12H,3-4H2,1-2H3,(H2,18,19,22). The van der Waals surface area contributed by atoms with Gasteiger partial charge >= 0.3 is 135 Å². The van der Waals surface area contributed by atoms with E-state index in [0.717, 1.165) is 27.9 Å². The van der Waals surface area contributed by atoms with Gasteiger partial charge in [0, 0.05) is 11.4 Å². The van der Waals surface area contributed by atoms with Crippen LogP contribution in [0.15, 0.2) is 140 Å². The minimum Gasteiger partial charge on any atom is -0.494 e. The summed E-state index contributed by atoms with van der Waals surface area (Å²) in [5.74, 6) is 1.69. The molecule has 0 unspecified atom stereocenters. The SMILES string of the molecule is BrC[PH](c1ccccc1)(c1ccccc1)c1ccccc1.CCOc1ccc(NC(=S)Nc2ccc(OCC)cc2)cc1. The summed E-state index contributed by atoms with van der Waals surface area (Å²) in [5, 5.41) is 12.1. The second-order valence-corrected chi connectivity index (χ2v) is 15.5. The van der Waals surface area contributed by atoms with Gasteiger partial charge in [0.15, 0.2) is 5.11 Å². The van der Waals surface area contributed by atoms with Crippen LogP contribution in [-0.2, 0) is 0 Å². The summed E-state index contributed by atoms with van der Waals surface area (Å²) < 4.78 is 10.8. The number of ether oxygens (including phenoxy) is 2. The van der Waals surface area contributed by atoms with Crippen LogP contribution in [0, 0.1) is 0 Å². The van der Waals surface area contributed by atoms with E-state index >= 15 is 0 Å². The molecule has 0 saturated heterocycles. The van der Waals surface area contributed by atoms with E-state index < -0.39 is 7.26 Å². The summed E-state index contributed by atoms with van der Waals surface area (Å²) in [6.45, 7) is 5.24. The van der Waals surface area contributed by atoms with E-state index in [1.54, 1.807) is 0 Å². The average molecular weight is 674 g/mol. The predicted molar refractivity (Wildman–Crippen MR) is 195 cm³/mol. The molecular weight excluding hydrogens is 635 g/mol. The number of halogens is 1. The van der Waals surface area contributed by atoms with Gasteiger partial charge in [0.2, 0.25) is 0 Å². The van der Waals surface area contributed by atoms with E-state index in [2.05, 4.69) is 118 Å². The summed E-state index contributed by atoms with van der Waals surface area (Å²) in [6.07, 6.45) is 0. The molecule has 5 rings (SSSR count). The molecule has 5 aromatic rings. The Morgan fingerprint density at radius 2 is 0.884 bits per heavy atom. The summed E-state index contributed by atoms with van der Waals surface area (Å²) in [6, 6.07) is 48.1. The third kappa shape index (κ3) is 8.90. The number of benzene rings is 5. The molecule has 0 aliphatic rings. The van der Waals surface area contributed by atoms with E-state index in [4.69, 9.17) is 21.7 Å². The first-order valence-corrected chi connectivity index (χ1v) is 18.1. The largest absolute Gasteiger partial charge is 0.494 e. The molecule has 5 aromatic carbocycles. The molecule has 0 radical (unpaired) electrons. The van der Waals surface area contributed by atoms with Crippen molar-refractivity contribution in [2.24, 2.45) is 0 Å². The first kappa shape index (κ1) is 32.2. The molecule has 0 aliphatic carbocycles. The van der Waals surface area contributed by atoms with Gasteiger partial charge < -0.3 is 20.1 Å². The van der Waals surface area contributed by atoms with Gasteiger partial charge in [0.1, 0.15) is 11.5 Å². The number of hydrogen-bond acceptors (Lipinski definition) is 3. The van der Waals surface area contributed by atoms with Crippen molar-refractivity contribution in [3.63, 3.8) is 0 Å². The Balaban J connectivity index is 0.000000197. The summed E-state index contributed by atoms with van der Waals surface area (Å²) in [4.78, 5) is 0. The summed E-state index contributed by atoms with van der Waals surface area (Å²) >= 11 is 9.15. The molecule has 0 saturated carbocycles. The van der Waals surface area contributed by atoms with Gasteiger partial charge in [0.25, 0.3) is 0 Å². The number of rotatable bonds is 10. The maximum absolute atomic E-state index is 5.40. The van der Waals surface area contributed by atoms with Gasteiger partial charge in [-0.05, 0) is 74.6 Å². The maximum atomic E-state index is 5.40. The third-order valence-corrected chi connectivity index (χ3v) is 13.9. The Morgan fingerprint density at radius 3 is 1.16 bits per heavy atom. The second kappa shape index (κ2) is 16.8. The van der Waals surface area contributed by atoms with Crippen LogP contribution in [0.5, 0.6) is 11.5 Å². The Hall–Kier alpha value is -3.70. The summed E-state index contributed by atoms with van der Waals surface area (Å²) in [7, 11) is -1.98. The van der Waals surface area contributed by atoms with Crippen LogP contribution in [0.25, 0.3) is 0 Å². The quantitative estimate of drug-likeness (QED) is 0.0887. The number of anilines is 2. The van der Waals surface area contributed by atoms with E-state index in [9.17, 15) is 0 Å². The molecule has 4 nitrogen and oxygen atoms in total. The van der Waals surface area contributed by atoms with Gasteiger partial charge in [-0.1, -0.05) is 0 Å². The van der Waals surface area contributed by atoms with Gasteiger partial charge in [-0.3, -0.25) is 0 Å². The number of hydrogen-bond donors (Lipinski definition) is 2. The number of thiocarbonyl (C=S) groups is 1.